The van der Waals surface area contributed by atoms with Crippen LogP contribution in [0.25, 0.3) is 23.0 Å². The number of nitrogens with zero attached hydrogens (tertiary/aromatic N) is 2. The molecule has 0 fully saturated rings. The lowest BCUT2D eigenvalue weighted by Gasteiger charge is -2.02. The minimum absolute atomic E-state index is 0.416. The highest BCUT2D eigenvalue weighted by Crippen LogP contribution is 2.26. The number of nitrogens with one attached hydrogen (secondary N) is 1. The minimum Gasteiger partial charge on any atom is -0.480 e. The van der Waals surface area contributed by atoms with E-state index >= 15 is 0 Å². The quantitative estimate of drug-likeness (QED) is 0.694. The number of imidazole rings is 1. The molecule has 0 unspecified atom stereocenters. The molecule has 132 valence electrons. The third-order valence-electron chi connectivity index (χ3n) is 3.95. The normalized spacial score (nSPS) is 11.2. The Hall–Kier alpha value is -3.41. The fourth-order valence-corrected chi connectivity index (χ4v) is 2.62. The van der Waals surface area contributed by atoms with Gasteiger partial charge in [-0.25, -0.2) is 4.98 Å². The van der Waals surface area contributed by atoms with E-state index in [2.05, 4.69) is 5.32 Å². The van der Waals surface area contributed by atoms with Crippen molar-refractivity contribution in [3.63, 3.8) is 0 Å². The van der Waals surface area contributed by atoms with Crippen molar-refractivity contribution < 1.29 is 14.7 Å². The number of aryl methyl sites for hydroxylation is 2. The smallest absolute Gasteiger partial charge is 0.322 e. The molecule has 0 saturated carbocycles. The van der Waals surface area contributed by atoms with Gasteiger partial charge in [-0.3, -0.25) is 14.0 Å². The van der Waals surface area contributed by atoms with E-state index in [4.69, 9.17) is 10.1 Å². The summed E-state index contributed by atoms with van der Waals surface area (Å²) < 4.78 is 1.91. The van der Waals surface area contributed by atoms with Gasteiger partial charge in [-0.2, -0.15) is 0 Å². The van der Waals surface area contributed by atoms with Crippen LogP contribution in [0.3, 0.4) is 0 Å². The molecule has 2 aromatic heterocycles. The summed E-state index contributed by atoms with van der Waals surface area (Å²) in [5.41, 5.74) is 5.49. The molecule has 0 bridgehead atoms. The summed E-state index contributed by atoms with van der Waals surface area (Å²) in [5.74, 6) is -1.55. The first-order chi connectivity index (χ1) is 12.4. The van der Waals surface area contributed by atoms with Crippen LogP contribution >= 0.6 is 0 Å². The van der Waals surface area contributed by atoms with E-state index in [0.717, 1.165) is 33.7 Å². The SMILES string of the molecule is Cc1ccc(-c2nc3cc(C)ccn3c2/C=C/C(=O)NCC(=O)O)cc1. The Morgan fingerprint density at radius 2 is 1.88 bits per heavy atom. The topological polar surface area (TPSA) is 83.7 Å². The van der Waals surface area contributed by atoms with E-state index in [0.29, 0.717) is 0 Å². The molecule has 0 aliphatic heterocycles. The number of pyridine rings is 1. The molecule has 1 amide bonds. The Bertz CT molecular complexity index is 1000. The molecular weight excluding hydrogens is 330 g/mol. The zero-order valence-electron chi connectivity index (χ0n) is 14.6. The average molecular weight is 349 g/mol. The molecule has 2 heterocycles. The van der Waals surface area contributed by atoms with Crippen molar-refractivity contribution >= 4 is 23.6 Å². The molecule has 0 saturated heterocycles. The lowest BCUT2D eigenvalue weighted by Crippen LogP contribution is -2.27. The summed E-state index contributed by atoms with van der Waals surface area (Å²) in [6.45, 7) is 3.60. The number of carbonyl (C=O) groups excluding carboxylic acids is 1. The van der Waals surface area contributed by atoms with Crippen LogP contribution in [0.1, 0.15) is 16.8 Å². The van der Waals surface area contributed by atoms with Crippen LogP contribution in [-0.4, -0.2) is 32.9 Å². The van der Waals surface area contributed by atoms with Crippen molar-refractivity contribution in [2.45, 2.75) is 13.8 Å². The van der Waals surface area contributed by atoms with Crippen molar-refractivity contribution in [2.24, 2.45) is 0 Å². The number of carboxylic acid groups (broad SMARTS) is 1. The Kier molecular flexibility index (Phi) is 4.84. The summed E-state index contributed by atoms with van der Waals surface area (Å²) in [4.78, 5) is 27.1. The van der Waals surface area contributed by atoms with Gasteiger partial charge in [0.15, 0.2) is 0 Å². The number of rotatable bonds is 5. The largest absolute Gasteiger partial charge is 0.480 e. The van der Waals surface area contributed by atoms with E-state index in [1.165, 1.54) is 6.08 Å². The molecule has 0 atom stereocenters. The molecule has 6 nitrogen and oxygen atoms in total. The molecule has 3 rings (SSSR count). The van der Waals surface area contributed by atoms with Crippen molar-refractivity contribution in [3.8, 4) is 11.3 Å². The highest BCUT2D eigenvalue weighted by atomic mass is 16.4. The third-order valence-corrected chi connectivity index (χ3v) is 3.95. The van der Waals surface area contributed by atoms with Crippen molar-refractivity contribution in [1.82, 2.24) is 14.7 Å². The number of amides is 1. The maximum absolute atomic E-state index is 11.8. The Balaban J connectivity index is 2.03. The molecule has 0 aliphatic rings. The van der Waals surface area contributed by atoms with E-state index in [-0.39, 0.29) is 0 Å². The standard InChI is InChI=1S/C20H19N3O3/c1-13-3-5-15(6-4-13)20-16(7-8-18(24)21-12-19(25)26)23-10-9-14(2)11-17(23)22-20/h3-11H,12H2,1-2H3,(H,21,24)(H,25,26)/b8-7+. The zero-order chi connectivity index (χ0) is 18.7. The minimum atomic E-state index is -1.09. The molecule has 2 N–H and O–H groups in total. The molecule has 6 heteroatoms. The van der Waals surface area contributed by atoms with Gasteiger partial charge in [0, 0.05) is 17.8 Å². The second-order valence-electron chi connectivity index (χ2n) is 6.09. The summed E-state index contributed by atoms with van der Waals surface area (Å²) in [6, 6.07) is 11.9. The first kappa shape index (κ1) is 17.4. The van der Waals surface area contributed by atoms with Gasteiger partial charge >= 0.3 is 5.97 Å². The van der Waals surface area contributed by atoms with Crippen LogP contribution < -0.4 is 5.32 Å². The van der Waals surface area contributed by atoms with Gasteiger partial charge in [-0.05, 0) is 37.6 Å². The van der Waals surface area contributed by atoms with Crippen molar-refractivity contribution in [2.75, 3.05) is 6.54 Å². The molecular formula is C20H19N3O3. The van der Waals surface area contributed by atoms with Gasteiger partial charge in [-0.1, -0.05) is 29.8 Å². The van der Waals surface area contributed by atoms with Crippen molar-refractivity contribution in [1.29, 1.82) is 0 Å². The van der Waals surface area contributed by atoms with E-state index in [9.17, 15) is 9.59 Å². The van der Waals surface area contributed by atoms with Gasteiger partial charge in [-0.15, -0.1) is 0 Å². The van der Waals surface area contributed by atoms with Gasteiger partial charge in [0.1, 0.15) is 12.2 Å². The van der Waals surface area contributed by atoms with Gasteiger partial charge in [0.05, 0.1) is 11.4 Å². The summed E-state index contributed by atoms with van der Waals surface area (Å²) in [6.07, 6.45) is 4.88. The predicted octanol–water partition coefficient (Wildman–Crippen LogP) is 2.83. The predicted molar refractivity (Wildman–Crippen MR) is 99.8 cm³/mol. The average Bonchev–Trinajstić information content (AvgIpc) is 2.96. The van der Waals surface area contributed by atoms with Crippen LogP contribution in [0.5, 0.6) is 0 Å². The second-order valence-corrected chi connectivity index (χ2v) is 6.09. The van der Waals surface area contributed by atoms with Crippen LogP contribution in [0, 0.1) is 13.8 Å². The molecule has 26 heavy (non-hydrogen) atoms. The lowest BCUT2D eigenvalue weighted by molar-refractivity contribution is -0.137. The maximum atomic E-state index is 11.8. The molecule has 0 spiro atoms. The van der Waals surface area contributed by atoms with Crippen LogP contribution in [0.2, 0.25) is 0 Å². The van der Waals surface area contributed by atoms with E-state index in [1.54, 1.807) is 6.08 Å². The van der Waals surface area contributed by atoms with Crippen molar-refractivity contribution in [3.05, 3.63) is 65.5 Å². The molecule has 1 aromatic carbocycles. The summed E-state index contributed by atoms with van der Waals surface area (Å²) >= 11 is 0. The Labute approximate surface area is 150 Å². The number of hydrogen-bond acceptors (Lipinski definition) is 3. The van der Waals surface area contributed by atoms with Crippen LogP contribution in [0.15, 0.2) is 48.7 Å². The van der Waals surface area contributed by atoms with Gasteiger partial charge in [0.2, 0.25) is 5.91 Å². The lowest BCUT2D eigenvalue weighted by atomic mass is 10.1. The molecule has 0 aliphatic carbocycles. The Morgan fingerprint density at radius 1 is 1.15 bits per heavy atom. The zero-order valence-corrected chi connectivity index (χ0v) is 14.6. The highest BCUT2D eigenvalue weighted by Gasteiger charge is 2.12. The second kappa shape index (κ2) is 7.23. The first-order valence-electron chi connectivity index (χ1n) is 8.17. The first-order valence-corrected chi connectivity index (χ1v) is 8.17. The summed E-state index contributed by atoms with van der Waals surface area (Å²) in [7, 11) is 0. The summed E-state index contributed by atoms with van der Waals surface area (Å²) in [5, 5.41) is 11.0. The maximum Gasteiger partial charge on any atom is 0.322 e. The number of carboxylic acids is 1. The van der Waals surface area contributed by atoms with Gasteiger partial charge in [0.25, 0.3) is 0 Å². The number of benzene rings is 1. The van der Waals surface area contributed by atoms with Gasteiger partial charge < -0.3 is 10.4 Å². The molecule has 0 radical (unpaired) electrons. The monoisotopic (exact) mass is 349 g/mol. The number of carbonyl (C=O) groups is 2. The van der Waals surface area contributed by atoms with Crippen LogP contribution in [-0.2, 0) is 9.59 Å². The highest BCUT2D eigenvalue weighted by molar-refractivity contribution is 5.94. The number of hydrogen-bond donors (Lipinski definition) is 2. The third kappa shape index (κ3) is 3.80. The fraction of sp³-hybridized carbons (Fsp3) is 0.150. The van der Waals surface area contributed by atoms with E-state index in [1.807, 2.05) is 60.8 Å². The number of fused-ring (bicyclic) bond motifs is 1. The van der Waals surface area contributed by atoms with E-state index < -0.39 is 18.4 Å². The molecule has 3 aromatic rings. The number of aliphatic carboxylic acids is 1. The van der Waals surface area contributed by atoms with Crippen LogP contribution in [0.4, 0.5) is 0 Å². The Morgan fingerprint density at radius 3 is 2.58 bits per heavy atom. The number of aromatic nitrogens is 2. The fourth-order valence-electron chi connectivity index (χ4n) is 2.62.